The second kappa shape index (κ2) is 7.19. The molecular weight excluding hydrogens is 314 g/mol. The van der Waals surface area contributed by atoms with E-state index in [4.69, 9.17) is 0 Å². The molecule has 0 spiro atoms. The molecule has 0 saturated carbocycles. The number of anilines is 1. The van der Waals surface area contributed by atoms with Crippen LogP contribution in [0, 0.1) is 0 Å². The zero-order chi connectivity index (χ0) is 13.7. The van der Waals surface area contributed by atoms with E-state index in [1.807, 2.05) is 25.6 Å². The number of halogens is 1. The van der Waals surface area contributed by atoms with Crippen LogP contribution in [0.15, 0.2) is 15.5 Å². The van der Waals surface area contributed by atoms with Crippen molar-refractivity contribution < 1.29 is 0 Å². The minimum Gasteiger partial charge on any atom is -0.380 e. The molecule has 0 bridgehead atoms. The minimum atomic E-state index is -0.0907. The molecule has 0 radical (unpaired) electrons. The Kier molecular flexibility index (Phi) is 6.21. The van der Waals surface area contributed by atoms with Gasteiger partial charge in [-0.25, -0.2) is 4.68 Å². The van der Waals surface area contributed by atoms with Crippen molar-refractivity contribution in [3.8, 4) is 0 Å². The standard InChI is InChI=1S/C12H20BrN3OS/c1-8(2)16-12(17)11(13)10(7-14-16)15-9(3)5-6-18-4/h7-9,15H,5-6H2,1-4H3. The molecule has 0 aliphatic rings. The molecule has 18 heavy (non-hydrogen) atoms. The third-order valence-corrected chi connectivity index (χ3v) is 4.00. The number of thioether (sulfide) groups is 1. The summed E-state index contributed by atoms with van der Waals surface area (Å²) in [5.74, 6) is 1.10. The van der Waals surface area contributed by atoms with E-state index in [0.29, 0.717) is 10.5 Å². The van der Waals surface area contributed by atoms with Crippen molar-refractivity contribution in [2.75, 3.05) is 17.3 Å². The lowest BCUT2D eigenvalue weighted by molar-refractivity contribution is 0.500. The molecule has 102 valence electrons. The SMILES string of the molecule is CSCCC(C)Nc1cnn(C(C)C)c(=O)c1Br. The molecule has 4 nitrogen and oxygen atoms in total. The van der Waals surface area contributed by atoms with Crippen LogP contribution >= 0.6 is 27.7 Å². The Balaban J connectivity index is 2.86. The summed E-state index contributed by atoms with van der Waals surface area (Å²) in [7, 11) is 0. The fourth-order valence-electron chi connectivity index (χ4n) is 1.55. The molecular formula is C12H20BrN3OS. The lowest BCUT2D eigenvalue weighted by Gasteiger charge is -2.17. The van der Waals surface area contributed by atoms with Crippen molar-refractivity contribution in [1.29, 1.82) is 0 Å². The van der Waals surface area contributed by atoms with Crippen LogP contribution < -0.4 is 10.9 Å². The first-order chi connectivity index (χ1) is 8.47. The first-order valence-electron chi connectivity index (χ1n) is 6.00. The van der Waals surface area contributed by atoms with Crippen molar-refractivity contribution in [2.45, 2.75) is 39.3 Å². The van der Waals surface area contributed by atoms with Crippen molar-refractivity contribution in [3.63, 3.8) is 0 Å². The van der Waals surface area contributed by atoms with Gasteiger partial charge in [-0.05, 0) is 55.1 Å². The second-order valence-electron chi connectivity index (χ2n) is 4.54. The Hall–Kier alpha value is -0.490. The predicted molar refractivity (Wildman–Crippen MR) is 82.7 cm³/mol. The zero-order valence-corrected chi connectivity index (χ0v) is 13.6. The minimum absolute atomic E-state index is 0.0664. The van der Waals surface area contributed by atoms with Crippen LogP contribution in [0.4, 0.5) is 5.69 Å². The van der Waals surface area contributed by atoms with Crippen molar-refractivity contribution in [3.05, 3.63) is 21.0 Å². The molecule has 0 aliphatic heterocycles. The van der Waals surface area contributed by atoms with Gasteiger partial charge in [0.2, 0.25) is 0 Å². The molecule has 1 unspecified atom stereocenters. The van der Waals surface area contributed by atoms with Gasteiger partial charge in [-0.1, -0.05) is 0 Å². The Morgan fingerprint density at radius 1 is 1.50 bits per heavy atom. The largest absolute Gasteiger partial charge is 0.380 e. The van der Waals surface area contributed by atoms with Crippen LogP contribution in [0.25, 0.3) is 0 Å². The highest BCUT2D eigenvalue weighted by molar-refractivity contribution is 9.10. The van der Waals surface area contributed by atoms with Crippen molar-refractivity contribution >= 4 is 33.4 Å². The summed E-state index contributed by atoms with van der Waals surface area (Å²) < 4.78 is 2.03. The number of nitrogens with one attached hydrogen (secondary N) is 1. The molecule has 1 aromatic heterocycles. The van der Waals surface area contributed by atoms with E-state index in [1.54, 1.807) is 6.20 Å². The van der Waals surface area contributed by atoms with Gasteiger partial charge >= 0.3 is 0 Å². The summed E-state index contributed by atoms with van der Waals surface area (Å²) in [6, 6.07) is 0.390. The lowest BCUT2D eigenvalue weighted by Crippen LogP contribution is -2.27. The third kappa shape index (κ3) is 4.02. The molecule has 1 atom stereocenters. The average molecular weight is 334 g/mol. The fourth-order valence-corrected chi connectivity index (χ4v) is 2.53. The summed E-state index contributed by atoms with van der Waals surface area (Å²) in [6.45, 7) is 5.99. The van der Waals surface area contributed by atoms with Crippen molar-refractivity contribution in [2.24, 2.45) is 0 Å². The number of hydrogen-bond donors (Lipinski definition) is 1. The average Bonchev–Trinajstić information content (AvgIpc) is 2.32. The van der Waals surface area contributed by atoms with Gasteiger partial charge in [-0.2, -0.15) is 16.9 Å². The zero-order valence-electron chi connectivity index (χ0n) is 11.2. The maximum absolute atomic E-state index is 12.0. The second-order valence-corrected chi connectivity index (χ2v) is 6.32. The van der Waals surface area contributed by atoms with E-state index in [9.17, 15) is 4.79 Å². The molecule has 0 saturated heterocycles. The van der Waals surface area contributed by atoms with Crippen LogP contribution in [-0.4, -0.2) is 27.8 Å². The Bertz CT molecular complexity index is 447. The quantitative estimate of drug-likeness (QED) is 0.868. The number of hydrogen-bond acceptors (Lipinski definition) is 4. The Morgan fingerprint density at radius 3 is 2.72 bits per heavy atom. The Labute approximate surface area is 121 Å². The monoisotopic (exact) mass is 333 g/mol. The van der Waals surface area contributed by atoms with Gasteiger partial charge in [0.25, 0.3) is 5.56 Å². The van der Waals surface area contributed by atoms with Crippen molar-refractivity contribution in [1.82, 2.24) is 9.78 Å². The maximum atomic E-state index is 12.0. The highest BCUT2D eigenvalue weighted by atomic mass is 79.9. The molecule has 6 heteroatoms. The number of aromatic nitrogens is 2. The van der Waals surface area contributed by atoms with Gasteiger partial charge in [0.1, 0.15) is 4.47 Å². The van der Waals surface area contributed by atoms with Crippen LogP contribution in [0.3, 0.4) is 0 Å². The predicted octanol–water partition coefficient (Wildman–Crippen LogP) is 3.14. The highest BCUT2D eigenvalue weighted by Crippen LogP contribution is 2.19. The molecule has 0 aliphatic carbocycles. The van der Waals surface area contributed by atoms with Gasteiger partial charge in [0.15, 0.2) is 0 Å². The van der Waals surface area contributed by atoms with Gasteiger partial charge in [0, 0.05) is 6.04 Å². The molecule has 1 N–H and O–H groups in total. The summed E-state index contributed by atoms with van der Waals surface area (Å²) >= 11 is 5.18. The highest BCUT2D eigenvalue weighted by Gasteiger charge is 2.12. The first kappa shape index (κ1) is 15.6. The maximum Gasteiger partial charge on any atom is 0.283 e. The normalized spacial score (nSPS) is 12.8. The van der Waals surface area contributed by atoms with Gasteiger partial charge in [-0.15, -0.1) is 0 Å². The van der Waals surface area contributed by atoms with E-state index in [2.05, 4.69) is 39.5 Å². The number of rotatable bonds is 6. The first-order valence-corrected chi connectivity index (χ1v) is 8.18. The van der Waals surface area contributed by atoms with Crippen LogP contribution in [0.5, 0.6) is 0 Å². The van der Waals surface area contributed by atoms with E-state index in [0.717, 1.165) is 17.9 Å². The van der Waals surface area contributed by atoms with Gasteiger partial charge in [-0.3, -0.25) is 4.79 Å². The smallest absolute Gasteiger partial charge is 0.283 e. The van der Waals surface area contributed by atoms with Gasteiger partial charge in [0.05, 0.1) is 17.9 Å². The van der Waals surface area contributed by atoms with E-state index >= 15 is 0 Å². The van der Waals surface area contributed by atoms with Crippen LogP contribution in [0.2, 0.25) is 0 Å². The summed E-state index contributed by atoms with van der Waals surface area (Å²) in [6.07, 6.45) is 4.86. The third-order valence-electron chi connectivity index (χ3n) is 2.59. The summed E-state index contributed by atoms with van der Waals surface area (Å²) in [5.41, 5.74) is 0.678. The molecule has 0 amide bonds. The van der Waals surface area contributed by atoms with E-state index in [1.165, 1.54) is 4.68 Å². The van der Waals surface area contributed by atoms with Gasteiger partial charge < -0.3 is 5.32 Å². The molecule has 1 heterocycles. The van der Waals surface area contributed by atoms with E-state index < -0.39 is 0 Å². The lowest BCUT2D eigenvalue weighted by atomic mass is 10.2. The molecule has 1 rings (SSSR count). The topological polar surface area (TPSA) is 46.9 Å². The van der Waals surface area contributed by atoms with Crippen LogP contribution in [0.1, 0.15) is 33.2 Å². The van der Waals surface area contributed by atoms with E-state index in [-0.39, 0.29) is 11.6 Å². The molecule has 1 aromatic rings. The molecule has 0 fully saturated rings. The molecule has 0 aromatic carbocycles. The fraction of sp³-hybridized carbons (Fsp3) is 0.667. The van der Waals surface area contributed by atoms with Crippen LogP contribution in [-0.2, 0) is 0 Å². The Morgan fingerprint density at radius 2 is 2.17 bits per heavy atom. The summed E-state index contributed by atoms with van der Waals surface area (Å²) in [5, 5.41) is 7.49. The summed E-state index contributed by atoms with van der Waals surface area (Å²) in [4.78, 5) is 12.0. The number of nitrogens with zero attached hydrogens (tertiary/aromatic N) is 2.